The number of nitrogens with zero attached hydrogens (tertiary/aromatic N) is 1. The fourth-order valence-corrected chi connectivity index (χ4v) is 2.64. The molecule has 6 nitrogen and oxygen atoms in total. The van der Waals surface area contributed by atoms with E-state index in [9.17, 15) is 18.7 Å². The van der Waals surface area contributed by atoms with Crippen LogP contribution in [0.4, 0.5) is 8.78 Å². The first kappa shape index (κ1) is 21.4. The van der Waals surface area contributed by atoms with Crippen molar-refractivity contribution in [2.24, 2.45) is 0 Å². The average molecular weight is 381 g/mol. The maximum atomic E-state index is 12.4. The summed E-state index contributed by atoms with van der Waals surface area (Å²) in [6.45, 7) is -0.187. The minimum absolute atomic E-state index is 0. The smallest absolute Gasteiger partial charge is 0.387 e. The van der Waals surface area contributed by atoms with Crippen LogP contribution < -0.4 is 14.8 Å². The molecule has 2 atom stereocenters. The molecular formula is C16H23ClF2N2O4. The third kappa shape index (κ3) is 5.98. The number of carbonyl (C=O) groups is 1. The van der Waals surface area contributed by atoms with Gasteiger partial charge in [-0.15, -0.1) is 12.4 Å². The first-order chi connectivity index (χ1) is 11.4. The third-order valence-corrected chi connectivity index (χ3v) is 3.73. The first-order valence-corrected chi connectivity index (χ1v) is 7.77. The number of halogens is 3. The molecule has 0 bridgehead atoms. The predicted octanol–water partition coefficient (Wildman–Crippen LogP) is 1.79. The quantitative estimate of drug-likeness (QED) is 0.754. The Morgan fingerprint density at radius 2 is 2.16 bits per heavy atom. The Bertz CT molecular complexity index is 577. The minimum Gasteiger partial charge on any atom is -0.490 e. The lowest BCUT2D eigenvalue weighted by atomic mass is 10.1. The van der Waals surface area contributed by atoms with Gasteiger partial charge in [0.15, 0.2) is 11.5 Å². The van der Waals surface area contributed by atoms with Gasteiger partial charge in [0.2, 0.25) is 5.91 Å². The van der Waals surface area contributed by atoms with E-state index in [-0.39, 0.29) is 29.8 Å². The number of likely N-dealkylation sites (N-methyl/N-ethyl adjacent to an activating group) is 1. The summed E-state index contributed by atoms with van der Waals surface area (Å²) < 4.78 is 34.6. The molecule has 1 aliphatic rings. The number of nitrogens with one attached hydrogen (secondary N) is 1. The van der Waals surface area contributed by atoms with E-state index >= 15 is 0 Å². The Balaban J connectivity index is 0.00000312. The second kappa shape index (κ2) is 9.74. The first-order valence-electron chi connectivity index (χ1n) is 7.77. The van der Waals surface area contributed by atoms with Crippen molar-refractivity contribution in [3.63, 3.8) is 0 Å². The van der Waals surface area contributed by atoms with Gasteiger partial charge in [0.25, 0.3) is 0 Å². The number of aliphatic hydroxyl groups is 1. The molecule has 0 radical (unpaired) electrons. The Morgan fingerprint density at radius 1 is 1.44 bits per heavy atom. The topological polar surface area (TPSA) is 71.0 Å². The molecule has 0 aromatic heterocycles. The minimum atomic E-state index is -2.93. The molecule has 0 saturated carbocycles. The van der Waals surface area contributed by atoms with Gasteiger partial charge >= 0.3 is 6.61 Å². The maximum Gasteiger partial charge on any atom is 0.387 e. The zero-order chi connectivity index (χ0) is 17.7. The number of alkyl halides is 2. The fraction of sp³-hybridized carbons (Fsp3) is 0.562. The molecule has 2 N–H and O–H groups in total. The summed E-state index contributed by atoms with van der Waals surface area (Å²) in [5, 5.41) is 12.5. The van der Waals surface area contributed by atoms with Crippen LogP contribution in [0, 0.1) is 0 Å². The highest BCUT2D eigenvalue weighted by Gasteiger charge is 2.30. The highest BCUT2D eigenvalue weighted by Crippen LogP contribution is 2.30. The van der Waals surface area contributed by atoms with Crippen molar-refractivity contribution >= 4 is 18.3 Å². The van der Waals surface area contributed by atoms with Crippen LogP contribution in [0.5, 0.6) is 11.5 Å². The molecule has 0 aliphatic carbocycles. The van der Waals surface area contributed by atoms with Crippen LogP contribution in [0.1, 0.15) is 18.9 Å². The van der Waals surface area contributed by atoms with Gasteiger partial charge in [-0.1, -0.05) is 6.07 Å². The van der Waals surface area contributed by atoms with Crippen LogP contribution in [0.15, 0.2) is 18.2 Å². The van der Waals surface area contributed by atoms with E-state index in [0.29, 0.717) is 26.1 Å². The molecule has 25 heavy (non-hydrogen) atoms. The second-order valence-corrected chi connectivity index (χ2v) is 5.64. The lowest BCUT2D eigenvalue weighted by Gasteiger charge is -2.22. The number of benzene rings is 1. The highest BCUT2D eigenvalue weighted by atomic mass is 35.5. The summed E-state index contributed by atoms with van der Waals surface area (Å²) >= 11 is 0. The zero-order valence-electron chi connectivity index (χ0n) is 14.1. The van der Waals surface area contributed by atoms with Gasteiger partial charge in [-0.3, -0.25) is 4.79 Å². The molecule has 1 heterocycles. The van der Waals surface area contributed by atoms with Crippen LogP contribution in [-0.2, 0) is 11.3 Å². The van der Waals surface area contributed by atoms with Crippen molar-refractivity contribution in [3.05, 3.63) is 23.8 Å². The number of ether oxygens (including phenoxy) is 2. The number of hydrogen-bond donors (Lipinski definition) is 2. The van der Waals surface area contributed by atoms with Gasteiger partial charge in [-0.25, -0.2) is 0 Å². The van der Waals surface area contributed by atoms with Gasteiger partial charge in [-0.2, -0.15) is 8.78 Å². The molecule has 1 aromatic rings. The van der Waals surface area contributed by atoms with E-state index < -0.39 is 18.8 Å². The lowest BCUT2D eigenvalue weighted by Crippen LogP contribution is -2.41. The summed E-state index contributed by atoms with van der Waals surface area (Å²) in [7, 11) is 1.65. The summed E-state index contributed by atoms with van der Waals surface area (Å²) in [5.41, 5.74) is 0.731. The molecular weight excluding hydrogens is 358 g/mol. The molecule has 1 aromatic carbocycles. The number of hydrogen-bond acceptors (Lipinski definition) is 5. The monoisotopic (exact) mass is 380 g/mol. The molecule has 1 aliphatic heterocycles. The van der Waals surface area contributed by atoms with Crippen molar-refractivity contribution in [3.8, 4) is 11.5 Å². The molecule has 1 fully saturated rings. The number of amides is 1. The van der Waals surface area contributed by atoms with E-state index in [0.717, 1.165) is 5.56 Å². The summed E-state index contributed by atoms with van der Waals surface area (Å²) in [4.78, 5) is 13.8. The van der Waals surface area contributed by atoms with Gasteiger partial charge < -0.3 is 24.8 Å². The van der Waals surface area contributed by atoms with Crippen LogP contribution in [-0.4, -0.2) is 54.9 Å². The summed E-state index contributed by atoms with van der Waals surface area (Å²) in [6.07, 6.45) is -0.128. The Labute approximate surface area is 151 Å². The third-order valence-electron chi connectivity index (χ3n) is 3.73. The summed E-state index contributed by atoms with van der Waals surface area (Å²) in [5.74, 6) is 0.0492. The largest absolute Gasteiger partial charge is 0.490 e. The van der Waals surface area contributed by atoms with Gasteiger partial charge in [0, 0.05) is 20.1 Å². The van der Waals surface area contributed by atoms with Crippen LogP contribution in [0.25, 0.3) is 0 Å². The van der Waals surface area contributed by atoms with E-state index in [1.165, 1.54) is 11.0 Å². The number of carbonyl (C=O) groups excluding carboxylic acids is 1. The standard InChI is InChI=1S/C16H22F2N2O4.ClH/c1-3-23-14-6-10(4-5-13(14)24-16(17)18)9-20(2)15(22)12-7-11(21)8-19-12;/h4-6,11-12,16,19,21H,3,7-9H2,1-2H3;1H. The van der Waals surface area contributed by atoms with Gasteiger partial charge in [0.05, 0.1) is 18.8 Å². The SMILES string of the molecule is CCOc1cc(CN(C)C(=O)C2CC(O)CN2)ccc1OC(F)F.Cl. The van der Waals surface area contributed by atoms with Gasteiger partial charge in [-0.05, 0) is 31.0 Å². The normalized spacial score (nSPS) is 19.4. The van der Waals surface area contributed by atoms with Crippen LogP contribution in [0.2, 0.25) is 0 Å². The molecule has 2 unspecified atom stereocenters. The van der Waals surface area contributed by atoms with Gasteiger partial charge in [0.1, 0.15) is 0 Å². The van der Waals surface area contributed by atoms with Crippen LogP contribution >= 0.6 is 12.4 Å². The molecule has 0 spiro atoms. The van der Waals surface area contributed by atoms with E-state index in [1.807, 2.05) is 0 Å². The van der Waals surface area contributed by atoms with Crippen molar-refractivity contribution in [2.75, 3.05) is 20.2 Å². The lowest BCUT2D eigenvalue weighted by molar-refractivity contribution is -0.132. The van der Waals surface area contributed by atoms with E-state index in [4.69, 9.17) is 4.74 Å². The fourth-order valence-electron chi connectivity index (χ4n) is 2.64. The maximum absolute atomic E-state index is 12.4. The van der Waals surface area contributed by atoms with Crippen molar-refractivity contribution in [1.82, 2.24) is 10.2 Å². The molecule has 9 heteroatoms. The second-order valence-electron chi connectivity index (χ2n) is 5.64. The number of rotatable bonds is 7. The molecule has 1 amide bonds. The average Bonchev–Trinajstić information content (AvgIpc) is 2.95. The highest BCUT2D eigenvalue weighted by molar-refractivity contribution is 5.85. The van der Waals surface area contributed by atoms with Crippen molar-refractivity contribution in [2.45, 2.75) is 38.6 Å². The number of aliphatic hydroxyl groups excluding tert-OH is 1. The van der Waals surface area contributed by atoms with E-state index in [1.54, 1.807) is 26.1 Å². The Morgan fingerprint density at radius 3 is 2.72 bits per heavy atom. The number of β-amino-alcohol motifs (C(OH)–C–C–N with tert-alkyl or cyclic N) is 1. The van der Waals surface area contributed by atoms with Crippen molar-refractivity contribution < 1.29 is 28.2 Å². The molecule has 142 valence electrons. The molecule has 1 saturated heterocycles. The summed E-state index contributed by atoms with van der Waals surface area (Å²) in [6, 6.07) is 4.20. The van der Waals surface area contributed by atoms with Crippen molar-refractivity contribution in [1.29, 1.82) is 0 Å². The molecule has 2 rings (SSSR count). The predicted molar refractivity (Wildman–Crippen MR) is 90.4 cm³/mol. The van der Waals surface area contributed by atoms with E-state index in [2.05, 4.69) is 10.1 Å². The zero-order valence-corrected chi connectivity index (χ0v) is 14.9. The Kier molecular flexibility index (Phi) is 8.34. The van der Waals surface area contributed by atoms with Crippen LogP contribution in [0.3, 0.4) is 0 Å². The Hall–Kier alpha value is -1.64.